The molecule has 0 saturated carbocycles. The average Bonchev–Trinajstić information content (AvgIpc) is 3.32. The van der Waals surface area contributed by atoms with Gasteiger partial charge in [-0.25, -0.2) is 9.78 Å². The Balaban J connectivity index is 1.70. The predicted octanol–water partition coefficient (Wildman–Crippen LogP) is 3.24. The fourth-order valence-corrected chi connectivity index (χ4v) is 3.81. The highest BCUT2D eigenvalue weighted by molar-refractivity contribution is 7.99. The molecule has 0 saturated heterocycles. The smallest absolute Gasteiger partial charge is 0.339 e. The molecule has 0 aliphatic carbocycles. The van der Waals surface area contributed by atoms with E-state index in [1.54, 1.807) is 25.2 Å². The van der Waals surface area contributed by atoms with Crippen LogP contribution in [0, 0.1) is 13.8 Å². The zero-order chi connectivity index (χ0) is 18.0. The summed E-state index contributed by atoms with van der Waals surface area (Å²) < 4.78 is 4.76. The third-order valence-electron chi connectivity index (χ3n) is 3.66. The van der Waals surface area contributed by atoms with Crippen LogP contribution < -0.4 is 0 Å². The normalized spacial score (nSPS) is 10.8. The molecule has 9 heteroatoms. The van der Waals surface area contributed by atoms with E-state index in [1.807, 2.05) is 17.5 Å². The van der Waals surface area contributed by atoms with Gasteiger partial charge < -0.3 is 9.72 Å². The van der Waals surface area contributed by atoms with Gasteiger partial charge in [0.2, 0.25) is 5.16 Å². The van der Waals surface area contributed by atoms with E-state index in [0.717, 1.165) is 4.88 Å². The molecule has 0 aliphatic heterocycles. The summed E-state index contributed by atoms with van der Waals surface area (Å²) in [4.78, 5) is 32.6. The fourth-order valence-electron chi connectivity index (χ4n) is 2.47. The van der Waals surface area contributed by atoms with Gasteiger partial charge in [0.25, 0.3) is 0 Å². The van der Waals surface area contributed by atoms with Gasteiger partial charge in [-0.3, -0.25) is 9.89 Å². The van der Waals surface area contributed by atoms with Gasteiger partial charge in [-0.15, -0.1) is 16.4 Å². The third kappa shape index (κ3) is 3.52. The molecular weight excluding hydrogens is 360 g/mol. The van der Waals surface area contributed by atoms with Crippen molar-refractivity contribution in [3.8, 4) is 10.7 Å². The van der Waals surface area contributed by atoms with Crippen molar-refractivity contribution in [2.75, 3.05) is 12.9 Å². The summed E-state index contributed by atoms with van der Waals surface area (Å²) >= 11 is 2.81. The van der Waals surface area contributed by atoms with Crippen molar-refractivity contribution in [2.45, 2.75) is 19.0 Å². The molecule has 0 unspecified atom stereocenters. The number of Topliss-reactive ketones (excluding diaryl/α,β-unsaturated/α-hetero) is 1. The number of carbonyl (C=O) groups excluding carboxylic acids is 2. The molecule has 3 heterocycles. The van der Waals surface area contributed by atoms with Gasteiger partial charge in [0.05, 0.1) is 29.0 Å². The van der Waals surface area contributed by atoms with Crippen LogP contribution in [0.3, 0.4) is 0 Å². The SMILES string of the molecule is COC(=O)c1c(C)[nH]c(C(=O)CSc2n[nH]c(-c3cccs3)n2)c1C. The molecule has 25 heavy (non-hydrogen) atoms. The number of aryl methyl sites for hydroxylation is 1. The molecular formula is C16H16N4O3S2. The Bertz CT molecular complexity index is 912. The molecule has 0 aliphatic rings. The van der Waals surface area contributed by atoms with Crippen LogP contribution in [0.2, 0.25) is 0 Å². The van der Waals surface area contributed by atoms with Crippen LogP contribution in [0.15, 0.2) is 22.7 Å². The molecule has 0 spiro atoms. The number of methoxy groups -OCH3 is 1. The van der Waals surface area contributed by atoms with E-state index in [9.17, 15) is 9.59 Å². The number of hydrogen-bond acceptors (Lipinski definition) is 7. The Labute approximate surface area is 152 Å². The maximum atomic E-state index is 12.5. The lowest BCUT2D eigenvalue weighted by Gasteiger charge is -2.00. The number of carbonyl (C=O) groups is 2. The highest BCUT2D eigenvalue weighted by atomic mass is 32.2. The number of thioether (sulfide) groups is 1. The third-order valence-corrected chi connectivity index (χ3v) is 5.38. The van der Waals surface area contributed by atoms with Crippen LogP contribution in [0.25, 0.3) is 10.7 Å². The Hall–Kier alpha value is -2.39. The maximum absolute atomic E-state index is 12.5. The monoisotopic (exact) mass is 376 g/mol. The lowest BCUT2D eigenvalue weighted by atomic mass is 10.1. The molecule has 7 nitrogen and oxygen atoms in total. The number of aromatic nitrogens is 4. The molecule has 3 aromatic rings. The van der Waals surface area contributed by atoms with Crippen LogP contribution in [0.4, 0.5) is 0 Å². The number of esters is 1. The quantitative estimate of drug-likeness (QED) is 0.389. The minimum atomic E-state index is -0.451. The van der Waals surface area contributed by atoms with Crippen LogP contribution in [0.1, 0.15) is 32.1 Å². The van der Waals surface area contributed by atoms with Gasteiger partial charge in [0, 0.05) is 5.69 Å². The van der Waals surface area contributed by atoms with Gasteiger partial charge in [0.1, 0.15) is 0 Å². The average molecular weight is 376 g/mol. The van der Waals surface area contributed by atoms with E-state index in [1.165, 1.54) is 18.9 Å². The van der Waals surface area contributed by atoms with Crippen molar-refractivity contribution in [3.63, 3.8) is 0 Å². The number of ketones is 1. The number of nitrogens with one attached hydrogen (secondary N) is 2. The highest BCUT2D eigenvalue weighted by Crippen LogP contribution is 2.25. The molecule has 0 atom stereocenters. The molecule has 2 N–H and O–H groups in total. The summed E-state index contributed by atoms with van der Waals surface area (Å²) in [5.41, 5.74) is 2.05. The van der Waals surface area contributed by atoms with E-state index in [-0.39, 0.29) is 11.5 Å². The first-order valence-electron chi connectivity index (χ1n) is 7.41. The fraction of sp³-hybridized carbons (Fsp3) is 0.250. The van der Waals surface area contributed by atoms with Gasteiger partial charge in [-0.2, -0.15) is 0 Å². The van der Waals surface area contributed by atoms with E-state index in [4.69, 9.17) is 4.74 Å². The Morgan fingerprint density at radius 2 is 2.16 bits per heavy atom. The number of nitrogens with zero attached hydrogens (tertiary/aromatic N) is 2. The highest BCUT2D eigenvalue weighted by Gasteiger charge is 2.22. The van der Waals surface area contributed by atoms with Gasteiger partial charge in [-0.05, 0) is 30.9 Å². The summed E-state index contributed by atoms with van der Waals surface area (Å²) in [5.74, 6) is 0.281. The molecule has 3 aromatic heterocycles. The van der Waals surface area contributed by atoms with Crippen molar-refractivity contribution in [3.05, 3.63) is 40.0 Å². The molecule has 0 fully saturated rings. The van der Waals surface area contributed by atoms with Crippen LogP contribution >= 0.6 is 23.1 Å². The Kier molecular flexibility index (Phi) is 5.05. The van der Waals surface area contributed by atoms with Gasteiger partial charge in [0.15, 0.2) is 11.6 Å². The van der Waals surface area contributed by atoms with Gasteiger partial charge in [-0.1, -0.05) is 17.8 Å². The maximum Gasteiger partial charge on any atom is 0.339 e. The predicted molar refractivity (Wildman–Crippen MR) is 96.4 cm³/mol. The zero-order valence-electron chi connectivity index (χ0n) is 13.9. The second kappa shape index (κ2) is 7.24. The van der Waals surface area contributed by atoms with Crippen LogP contribution in [-0.2, 0) is 4.74 Å². The minimum absolute atomic E-state index is 0.122. The number of H-pyrrole nitrogens is 2. The number of rotatable bonds is 6. The number of aromatic amines is 2. The molecule has 3 rings (SSSR count). The largest absolute Gasteiger partial charge is 0.465 e. The Morgan fingerprint density at radius 3 is 2.84 bits per heavy atom. The molecule has 130 valence electrons. The van der Waals surface area contributed by atoms with Gasteiger partial charge >= 0.3 is 5.97 Å². The minimum Gasteiger partial charge on any atom is -0.465 e. The first kappa shape index (κ1) is 17.4. The molecule has 0 aromatic carbocycles. The summed E-state index contributed by atoms with van der Waals surface area (Å²) in [6.07, 6.45) is 0. The summed E-state index contributed by atoms with van der Waals surface area (Å²) in [6, 6.07) is 3.89. The lowest BCUT2D eigenvalue weighted by Crippen LogP contribution is -2.07. The summed E-state index contributed by atoms with van der Waals surface area (Å²) in [6.45, 7) is 3.47. The van der Waals surface area contributed by atoms with E-state index in [0.29, 0.717) is 33.5 Å². The summed E-state index contributed by atoms with van der Waals surface area (Å²) in [5, 5.41) is 9.46. The number of thiophene rings is 1. The van der Waals surface area contributed by atoms with Crippen molar-refractivity contribution < 1.29 is 14.3 Å². The van der Waals surface area contributed by atoms with Crippen molar-refractivity contribution in [1.82, 2.24) is 20.2 Å². The van der Waals surface area contributed by atoms with Crippen molar-refractivity contribution >= 4 is 34.9 Å². The van der Waals surface area contributed by atoms with Crippen LogP contribution in [0.5, 0.6) is 0 Å². The standard InChI is InChI=1S/C16H16N4O3S2/c1-8-12(15(22)23-3)9(2)17-13(8)10(21)7-25-16-18-14(19-20-16)11-5-4-6-24-11/h4-6,17H,7H2,1-3H3,(H,18,19,20). The summed E-state index contributed by atoms with van der Waals surface area (Å²) in [7, 11) is 1.32. The van der Waals surface area contributed by atoms with Crippen molar-refractivity contribution in [1.29, 1.82) is 0 Å². The first-order valence-corrected chi connectivity index (χ1v) is 9.27. The number of ether oxygens (including phenoxy) is 1. The second-order valence-electron chi connectivity index (χ2n) is 5.27. The van der Waals surface area contributed by atoms with Crippen molar-refractivity contribution in [2.24, 2.45) is 0 Å². The zero-order valence-corrected chi connectivity index (χ0v) is 15.5. The number of hydrogen-bond donors (Lipinski definition) is 2. The van der Waals surface area contributed by atoms with E-state index < -0.39 is 5.97 Å². The van der Waals surface area contributed by atoms with E-state index >= 15 is 0 Å². The topological polar surface area (TPSA) is 101 Å². The second-order valence-corrected chi connectivity index (χ2v) is 7.16. The molecule has 0 radical (unpaired) electrons. The Morgan fingerprint density at radius 1 is 1.36 bits per heavy atom. The molecule has 0 bridgehead atoms. The first-order chi connectivity index (χ1) is 12.0. The van der Waals surface area contributed by atoms with E-state index in [2.05, 4.69) is 20.2 Å². The lowest BCUT2D eigenvalue weighted by molar-refractivity contribution is 0.0599. The molecule has 0 amide bonds. The van der Waals surface area contributed by atoms with Crippen LogP contribution in [-0.4, -0.2) is 44.8 Å².